The van der Waals surface area contributed by atoms with Crippen molar-refractivity contribution in [3.05, 3.63) is 53.7 Å². The van der Waals surface area contributed by atoms with Crippen LogP contribution in [0.2, 0.25) is 0 Å². The van der Waals surface area contributed by atoms with Gasteiger partial charge in [-0.1, -0.05) is 29.8 Å². The van der Waals surface area contributed by atoms with Crippen LogP contribution < -0.4 is 10.6 Å². The van der Waals surface area contributed by atoms with E-state index in [1.807, 2.05) is 50.2 Å². The van der Waals surface area contributed by atoms with E-state index in [2.05, 4.69) is 15.6 Å². The average molecular weight is 396 g/mol. The molecule has 2 amide bonds. The maximum Gasteiger partial charge on any atom is 0.409 e. The lowest BCUT2D eigenvalue weighted by Gasteiger charge is -2.31. The van der Waals surface area contributed by atoms with Crippen molar-refractivity contribution in [3.63, 3.8) is 0 Å². The number of carbonyl (C=O) groups excluding carboxylic acids is 2. The lowest BCUT2D eigenvalue weighted by Crippen LogP contribution is -2.42. The highest BCUT2D eigenvalue weighted by Gasteiger charge is 2.23. The van der Waals surface area contributed by atoms with Gasteiger partial charge >= 0.3 is 6.09 Å². The van der Waals surface area contributed by atoms with E-state index in [1.165, 1.54) is 0 Å². The fourth-order valence-corrected chi connectivity index (χ4v) is 3.40. The van der Waals surface area contributed by atoms with Gasteiger partial charge < -0.3 is 20.3 Å². The predicted molar refractivity (Wildman–Crippen MR) is 113 cm³/mol. The van der Waals surface area contributed by atoms with E-state index in [-0.39, 0.29) is 18.0 Å². The van der Waals surface area contributed by atoms with Crippen molar-refractivity contribution in [1.82, 2.24) is 9.88 Å². The maximum atomic E-state index is 12.2. The number of benzene rings is 1. The van der Waals surface area contributed by atoms with Gasteiger partial charge in [-0.25, -0.2) is 9.78 Å². The fourth-order valence-electron chi connectivity index (χ4n) is 3.40. The van der Waals surface area contributed by atoms with Gasteiger partial charge in [-0.15, -0.1) is 0 Å². The van der Waals surface area contributed by atoms with Crippen LogP contribution in [0.5, 0.6) is 0 Å². The number of hydrogen-bond acceptors (Lipinski definition) is 5. The van der Waals surface area contributed by atoms with E-state index in [1.54, 1.807) is 11.1 Å². The summed E-state index contributed by atoms with van der Waals surface area (Å²) in [4.78, 5) is 30.1. The van der Waals surface area contributed by atoms with E-state index in [0.29, 0.717) is 31.8 Å². The number of ether oxygens (including phenoxy) is 1. The maximum absolute atomic E-state index is 12.2. The van der Waals surface area contributed by atoms with Crippen molar-refractivity contribution in [2.24, 2.45) is 0 Å². The van der Waals surface area contributed by atoms with Crippen LogP contribution in [0, 0.1) is 6.92 Å². The molecule has 1 fully saturated rings. The molecule has 3 rings (SSSR count). The molecule has 1 aromatic carbocycles. The molecule has 1 aliphatic rings. The van der Waals surface area contributed by atoms with E-state index in [4.69, 9.17) is 4.74 Å². The number of nitrogens with zero attached hydrogens (tertiary/aromatic N) is 2. The van der Waals surface area contributed by atoms with Crippen molar-refractivity contribution < 1.29 is 14.3 Å². The number of aryl methyl sites for hydroxylation is 1. The first-order chi connectivity index (χ1) is 14.0. The van der Waals surface area contributed by atoms with Gasteiger partial charge in [0, 0.05) is 19.1 Å². The van der Waals surface area contributed by atoms with Gasteiger partial charge in [-0.3, -0.25) is 4.79 Å². The predicted octanol–water partition coefficient (Wildman–Crippen LogP) is 3.60. The fraction of sp³-hybridized carbons (Fsp3) is 0.409. The van der Waals surface area contributed by atoms with Gasteiger partial charge in [0.25, 0.3) is 0 Å². The van der Waals surface area contributed by atoms with Crippen LogP contribution in [-0.4, -0.2) is 47.6 Å². The molecule has 1 aliphatic heterocycles. The van der Waals surface area contributed by atoms with Crippen LogP contribution in [0.1, 0.15) is 30.9 Å². The second kappa shape index (κ2) is 9.91. The van der Waals surface area contributed by atoms with Gasteiger partial charge in [0.2, 0.25) is 5.91 Å². The summed E-state index contributed by atoms with van der Waals surface area (Å²) < 4.78 is 5.04. The number of amides is 2. The van der Waals surface area contributed by atoms with Gasteiger partial charge in [0.1, 0.15) is 5.82 Å². The second-order valence-corrected chi connectivity index (χ2v) is 7.25. The van der Waals surface area contributed by atoms with Crippen LogP contribution in [0.25, 0.3) is 0 Å². The van der Waals surface area contributed by atoms with Crippen LogP contribution >= 0.6 is 0 Å². The number of pyridine rings is 1. The SMILES string of the molecule is CCOC(=O)N1CCC(Nc2ccc(NC(=O)Cc3cccc(C)c3)cn2)CC1. The number of hydrogen-bond donors (Lipinski definition) is 2. The quantitative estimate of drug-likeness (QED) is 0.779. The number of anilines is 2. The summed E-state index contributed by atoms with van der Waals surface area (Å²) in [7, 11) is 0. The molecule has 7 nitrogen and oxygen atoms in total. The molecule has 2 heterocycles. The molecule has 1 aromatic heterocycles. The van der Waals surface area contributed by atoms with Gasteiger partial charge in [-0.2, -0.15) is 0 Å². The number of piperidine rings is 1. The first-order valence-corrected chi connectivity index (χ1v) is 10.0. The lowest BCUT2D eigenvalue weighted by molar-refractivity contribution is -0.115. The smallest absolute Gasteiger partial charge is 0.409 e. The largest absolute Gasteiger partial charge is 0.450 e. The number of likely N-dealkylation sites (tertiary alicyclic amines) is 1. The number of nitrogens with one attached hydrogen (secondary N) is 2. The third kappa shape index (κ3) is 6.20. The zero-order valence-corrected chi connectivity index (χ0v) is 17.0. The van der Waals surface area contributed by atoms with Crippen molar-refractivity contribution in [2.45, 2.75) is 39.2 Å². The molecule has 2 aromatic rings. The van der Waals surface area contributed by atoms with Crippen molar-refractivity contribution >= 4 is 23.5 Å². The number of rotatable bonds is 6. The summed E-state index contributed by atoms with van der Waals surface area (Å²) in [6, 6.07) is 11.9. The molecule has 0 atom stereocenters. The summed E-state index contributed by atoms with van der Waals surface area (Å²) in [6.45, 7) is 5.56. The minimum Gasteiger partial charge on any atom is -0.450 e. The summed E-state index contributed by atoms with van der Waals surface area (Å²) in [5.41, 5.74) is 2.80. The second-order valence-electron chi connectivity index (χ2n) is 7.25. The first-order valence-electron chi connectivity index (χ1n) is 10.0. The van der Waals surface area contributed by atoms with E-state index >= 15 is 0 Å². The van der Waals surface area contributed by atoms with Gasteiger partial charge in [0.05, 0.1) is 24.9 Å². The molecule has 0 saturated carbocycles. The van der Waals surface area contributed by atoms with E-state index in [0.717, 1.165) is 29.8 Å². The Hall–Kier alpha value is -3.09. The zero-order chi connectivity index (χ0) is 20.6. The van der Waals surface area contributed by atoms with Crippen molar-refractivity contribution in [1.29, 1.82) is 0 Å². The summed E-state index contributed by atoms with van der Waals surface area (Å²) >= 11 is 0. The molecule has 29 heavy (non-hydrogen) atoms. The van der Waals surface area contributed by atoms with E-state index < -0.39 is 0 Å². The first kappa shape index (κ1) is 20.6. The molecule has 7 heteroatoms. The van der Waals surface area contributed by atoms with Crippen molar-refractivity contribution in [2.75, 3.05) is 30.3 Å². The third-order valence-electron chi connectivity index (χ3n) is 4.87. The van der Waals surface area contributed by atoms with Crippen LogP contribution in [-0.2, 0) is 16.0 Å². The molecule has 1 saturated heterocycles. The van der Waals surface area contributed by atoms with Crippen LogP contribution in [0.15, 0.2) is 42.6 Å². The Morgan fingerprint density at radius 1 is 1.21 bits per heavy atom. The third-order valence-corrected chi connectivity index (χ3v) is 4.87. The van der Waals surface area contributed by atoms with Crippen molar-refractivity contribution in [3.8, 4) is 0 Å². The lowest BCUT2D eigenvalue weighted by atomic mass is 10.1. The molecule has 154 valence electrons. The van der Waals surface area contributed by atoms with Gasteiger partial charge in [-0.05, 0) is 44.4 Å². The summed E-state index contributed by atoms with van der Waals surface area (Å²) in [5.74, 6) is 0.695. The monoisotopic (exact) mass is 396 g/mol. The zero-order valence-electron chi connectivity index (χ0n) is 17.0. The summed E-state index contributed by atoms with van der Waals surface area (Å²) in [6.07, 6.45) is 3.44. The average Bonchev–Trinajstić information content (AvgIpc) is 2.70. The normalized spacial score (nSPS) is 14.3. The van der Waals surface area contributed by atoms with Crippen LogP contribution in [0.3, 0.4) is 0 Å². The minimum absolute atomic E-state index is 0.0653. The highest BCUT2D eigenvalue weighted by Crippen LogP contribution is 2.17. The Bertz CT molecular complexity index is 830. The van der Waals surface area contributed by atoms with Crippen LogP contribution in [0.4, 0.5) is 16.3 Å². The molecule has 0 spiro atoms. The standard InChI is InChI=1S/C22H28N4O3/c1-3-29-22(28)26-11-9-18(10-12-26)24-20-8-7-19(15-23-20)25-21(27)14-17-6-4-5-16(2)13-17/h4-8,13,15,18H,3,9-12,14H2,1-2H3,(H,23,24)(H,25,27). The Morgan fingerprint density at radius 3 is 2.66 bits per heavy atom. The topological polar surface area (TPSA) is 83.6 Å². The molecule has 0 aliphatic carbocycles. The van der Waals surface area contributed by atoms with E-state index in [9.17, 15) is 9.59 Å². The molecule has 0 unspecified atom stereocenters. The summed E-state index contributed by atoms with van der Waals surface area (Å²) in [5, 5.41) is 6.28. The Labute approximate surface area is 171 Å². The highest BCUT2D eigenvalue weighted by atomic mass is 16.6. The molecular formula is C22H28N4O3. The molecular weight excluding hydrogens is 368 g/mol. The van der Waals surface area contributed by atoms with Gasteiger partial charge in [0.15, 0.2) is 0 Å². The Kier molecular flexibility index (Phi) is 7.05. The number of aromatic nitrogens is 1. The molecule has 2 N–H and O–H groups in total. The number of carbonyl (C=O) groups is 2. The molecule has 0 radical (unpaired) electrons. The highest BCUT2D eigenvalue weighted by molar-refractivity contribution is 5.92. The Balaban J connectivity index is 1.45. The molecule has 0 bridgehead atoms. The minimum atomic E-state index is -0.241. The Morgan fingerprint density at radius 2 is 2.00 bits per heavy atom.